The number of sulfonamides is 1. The molecule has 0 N–H and O–H groups in total. The van der Waals surface area contributed by atoms with Gasteiger partial charge in [-0.3, -0.25) is 15.0 Å². The Balaban J connectivity index is 1.59. The van der Waals surface area contributed by atoms with Gasteiger partial charge in [-0.2, -0.15) is 4.31 Å². The van der Waals surface area contributed by atoms with E-state index in [0.29, 0.717) is 18.7 Å². The molecule has 3 aromatic rings. The van der Waals surface area contributed by atoms with E-state index in [4.69, 9.17) is 14.7 Å². The van der Waals surface area contributed by atoms with Crippen LogP contribution in [-0.2, 0) is 16.4 Å². The number of aromatic nitrogens is 2. The van der Waals surface area contributed by atoms with E-state index in [1.54, 1.807) is 50.9 Å². The van der Waals surface area contributed by atoms with Crippen LogP contribution in [0.5, 0.6) is 5.88 Å². The molecule has 2 aromatic heterocycles. The first kappa shape index (κ1) is 24.9. The standard InChI is InChI=1S/C26H31N5O3S/c1-18(2)15-24(21-7-6-13-28-25(21)34-5)31(4)35(32,33)20-10-8-19(9-11-20)16-26(3)29-22-12-14-27-17-23(22)30-26/h6-14,17-18,24H,15-16H2,1-5H3. The van der Waals surface area contributed by atoms with Gasteiger partial charge in [0.2, 0.25) is 15.9 Å². The minimum Gasteiger partial charge on any atom is -0.481 e. The zero-order valence-corrected chi connectivity index (χ0v) is 21.5. The van der Waals surface area contributed by atoms with E-state index >= 15 is 0 Å². The summed E-state index contributed by atoms with van der Waals surface area (Å²) in [5.74, 6) is 0.702. The highest BCUT2D eigenvalue weighted by Crippen LogP contribution is 2.35. The average molecular weight is 494 g/mol. The summed E-state index contributed by atoms with van der Waals surface area (Å²) in [7, 11) is -0.603. The lowest BCUT2D eigenvalue weighted by molar-refractivity contribution is 0.307. The quantitative estimate of drug-likeness (QED) is 0.456. The van der Waals surface area contributed by atoms with Gasteiger partial charge in [-0.25, -0.2) is 13.4 Å². The highest BCUT2D eigenvalue weighted by atomic mass is 32.2. The third-order valence-corrected chi connectivity index (χ3v) is 8.01. The summed E-state index contributed by atoms with van der Waals surface area (Å²) in [6.45, 7) is 6.10. The molecule has 0 fully saturated rings. The first-order valence-corrected chi connectivity index (χ1v) is 13.0. The maximum atomic E-state index is 13.6. The maximum Gasteiger partial charge on any atom is 0.243 e. The van der Waals surface area contributed by atoms with E-state index in [-0.39, 0.29) is 10.8 Å². The molecular weight excluding hydrogens is 462 g/mol. The molecule has 0 radical (unpaired) electrons. The summed E-state index contributed by atoms with van der Waals surface area (Å²) in [6, 6.07) is 12.1. The second-order valence-corrected chi connectivity index (χ2v) is 11.4. The lowest BCUT2D eigenvalue weighted by Gasteiger charge is -2.30. The van der Waals surface area contributed by atoms with Crippen LogP contribution in [0.4, 0.5) is 0 Å². The van der Waals surface area contributed by atoms with Gasteiger partial charge in [-0.1, -0.05) is 32.0 Å². The molecule has 0 saturated heterocycles. The first-order valence-electron chi connectivity index (χ1n) is 11.6. The second kappa shape index (κ2) is 9.83. The number of nitrogens with zero attached hydrogens (tertiary/aromatic N) is 5. The van der Waals surface area contributed by atoms with E-state index in [0.717, 1.165) is 21.8 Å². The highest BCUT2D eigenvalue weighted by molar-refractivity contribution is 7.89. The topological polar surface area (TPSA) is 97.1 Å². The Kier molecular flexibility index (Phi) is 7.00. The third kappa shape index (κ3) is 5.26. The molecule has 1 aromatic carbocycles. The number of ether oxygens (including phenoxy) is 1. The molecular formula is C26H31N5O3S. The van der Waals surface area contributed by atoms with Crippen molar-refractivity contribution >= 4 is 10.0 Å². The van der Waals surface area contributed by atoms with Gasteiger partial charge in [0.15, 0.2) is 5.66 Å². The van der Waals surface area contributed by atoms with Crippen molar-refractivity contribution in [2.45, 2.75) is 50.2 Å². The zero-order chi connectivity index (χ0) is 25.2. The van der Waals surface area contributed by atoms with Crippen molar-refractivity contribution in [3.05, 3.63) is 82.9 Å². The fraction of sp³-hybridized carbons (Fsp3) is 0.385. The van der Waals surface area contributed by atoms with Crippen LogP contribution in [0, 0.1) is 5.92 Å². The molecule has 0 saturated carbocycles. The van der Waals surface area contributed by atoms with Crippen molar-refractivity contribution in [2.75, 3.05) is 14.2 Å². The third-order valence-electron chi connectivity index (χ3n) is 6.13. The highest BCUT2D eigenvalue weighted by Gasteiger charge is 2.32. The number of methoxy groups -OCH3 is 1. The Hall–Kier alpha value is -3.17. The van der Waals surface area contributed by atoms with Crippen molar-refractivity contribution in [1.29, 1.82) is 0 Å². The Morgan fingerprint density at radius 1 is 1.03 bits per heavy atom. The summed E-state index contributed by atoms with van der Waals surface area (Å²) in [6.07, 6.45) is 6.24. The summed E-state index contributed by atoms with van der Waals surface area (Å²) in [5.41, 5.74) is 1.06. The lowest BCUT2D eigenvalue weighted by atomic mass is 9.98. The van der Waals surface area contributed by atoms with Crippen LogP contribution in [0.15, 0.2) is 75.9 Å². The van der Waals surface area contributed by atoms with E-state index in [1.165, 1.54) is 4.31 Å². The minimum atomic E-state index is -3.77. The molecule has 2 unspecified atom stereocenters. The molecule has 0 aliphatic carbocycles. The molecule has 8 nitrogen and oxygen atoms in total. The van der Waals surface area contributed by atoms with E-state index in [1.807, 2.05) is 31.2 Å². The van der Waals surface area contributed by atoms with Gasteiger partial charge >= 0.3 is 0 Å². The van der Waals surface area contributed by atoms with Crippen LogP contribution in [0.2, 0.25) is 0 Å². The monoisotopic (exact) mass is 493 g/mol. The van der Waals surface area contributed by atoms with Crippen molar-refractivity contribution < 1.29 is 13.2 Å². The van der Waals surface area contributed by atoms with Gasteiger partial charge in [0.1, 0.15) is 5.36 Å². The minimum absolute atomic E-state index is 0.235. The molecule has 3 heterocycles. The number of pyridine rings is 2. The average Bonchev–Trinajstić information content (AvgIpc) is 3.17. The van der Waals surface area contributed by atoms with Crippen LogP contribution in [0.1, 0.15) is 44.4 Å². The SMILES string of the molecule is COc1ncccc1C(CC(C)C)N(C)S(=O)(=O)c1ccc(CC2(C)N=c3ccncc3=N2)cc1. The number of hydrogen-bond acceptors (Lipinski definition) is 7. The van der Waals surface area contributed by atoms with Crippen molar-refractivity contribution in [1.82, 2.24) is 14.3 Å². The predicted octanol–water partition coefficient (Wildman–Crippen LogP) is 3.10. The second-order valence-electron chi connectivity index (χ2n) is 9.39. The molecule has 0 amide bonds. The van der Waals surface area contributed by atoms with Crippen LogP contribution < -0.4 is 15.5 Å². The number of fused-ring (bicyclic) bond motifs is 1. The number of rotatable bonds is 9. The Morgan fingerprint density at radius 3 is 2.40 bits per heavy atom. The summed E-state index contributed by atoms with van der Waals surface area (Å²) in [5, 5.41) is 1.60. The zero-order valence-electron chi connectivity index (χ0n) is 20.7. The van der Waals surface area contributed by atoms with Gasteiger partial charge in [-0.05, 0) is 49.1 Å². The van der Waals surface area contributed by atoms with Crippen molar-refractivity contribution in [2.24, 2.45) is 15.9 Å². The summed E-state index contributed by atoms with van der Waals surface area (Å²) < 4.78 is 34.1. The summed E-state index contributed by atoms with van der Waals surface area (Å²) >= 11 is 0. The van der Waals surface area contributed by atoms with Crippen molar-refractivity contribution in [3.63, 3.8) is 0 Å². The number of hydrogen-bond donors (Lipinski definition) is 0. The Bertz CT molecular complexity index is 1390. The Morgan fingerprint density at radius 2 is 1.74 bits per heavy atom. The van der Waals surface area contributed by atoms with Crippen LogP contribution >= 0.6 is 0 Å². The van der Waals surface area contributed by atoms with Gasteiger partial charge in [-0.15, -0.1) is 0 Å². The van der Waals surface area contributed by atoms with Crippen LogP contribution in [-0.4, -0.2) is 42.5 Å². The van der Waals surface area contributed by atoms with Gasteiger partial charge in [0.25, 0.3) is 0 Å². The van der Waals surface area contributed by atoms with E-state index in [2.05, 4.69) is 23.8 Å². The van der Waals surface area contributed by atoms with E-state index in [9.17, 15) is 8.42 Å². The Labute approximate surface area is 206 Å². The molecule has 184 valence electrons. The normalized spacial score (nSPS) is 18.1. The first-order chi connectivity index (χ1) is 16.6. The number of benzene rings is 1. The smallest absolute Gasteiger partial charge is 0.243 e. The maximum absolute atomic E-state index is 13.6. The molecule has 1 aliphatic heterocycles. The van der Waals surface area contributed by atoms with Gasteiger partial charge < -0.3 is 4.74 Å². The largest absolute Gasteiger partial charge is 0.481 e. The molecule has 9 heteroatoms. The van der Waals surface area contributed by atoms with Crippen LogP contribution in [0.3, 0.4) is 0 Å². The van der Waals surface area contributed by atoms with Crippen LogP contribution in [0.25, 0.3) is 0 Å². The van der Waals surface area contributed by atoms with Crippen molar-refractivity contribution in [3.8, 4) is 5.88 Å². The molecule has 0 bridgehead atoms. The fourth-order valence-electron chi connectivity index (χ4n) is 4.43. The molecule has 4 rings (SSSR count). The van der Waals surface area contributed by atoms with E-state index < -0.39 is 21.7 Å². The fourth-order valence-corrected chi connectivity index (χ4v) is 5.77. The molecule has 1 aliphatic rings. The summed E-state index contributed by atoms with van der Waals surface area (Å²) in [4.78, 5) is 18.1. The predicted molar refractivity (Wildman–Crippen MR) is 133 cm³/mol. The molecule has 2 atom stereocenters. The lowest BCUT2D eigenvalue weighted by Crippen LogP contribution is -2.32. The molecule has 0 spiro atoms. The molecule has 35 heavy (non-hydrogen) atoms. The van der Waals surface area contributed by atoms with Gasteiger partial charge in [0, 0.05) is 31.4 Å². The van der Waals surface area contributed by atoms with Gasteiger partial charge in [0.05, 0.1) is 29.6 Å².